The number of carbonyl (C=O) groups excluding carboxylic acids is 2. The van der Waals surface area contributed by atoms with Crippen LogP contribution >= 0.6 is 0 Å². The van der Waals surface area contributed by atoms with Crippen LogP contribution in [0.25, 0.3) is 21.8 Å². The van der Waals surface area contributed by atoms with E-state index in [-0.39, 0.29) is 23.4 Å². The molecule has 8 heteroatoms. The summed E-state index contributed by atoms with van der Waals surface area (Å²) in [5, 5.41) is 2.10. The van der Waals surface area contributed by atoms with Crippen molar-refractivity contribution in [2.24, 2.45) is 11.8 Å². The van der Waals surface area contributed by atoms with E-state index in [9.17, 15) is 9.59 Å². The van der Waals surface area contributed by atoms with Crippen molar-refractivity contribution in [1.82, 2.24) is 28.2 Å². The van der Waals surface area contributed by atoms with Crippen LogP contribution in [0.2, 0.25) is 0 Å². The zero-order valence-electron chi connectivity index (χ0n) is 25.2. The van der Waals surface area contributed by atoms with Crippen molar-refractivity contribution in [3.8, 4) is 0 Å². The Balaban J connectivity index is 1.13. The Morgan fingerprint density at radius 3 is 1.50 bits per heavy atom. The minimum absolute atomic E-state index is 0.0554. The lowest BCUT2D eigenvalue weighted by molar-refractivity contribution is 0.0879. The molecule has 2 aromatic carbocycles. The third kappa shape index (κ3) is 4.19. The molecule has 0 bridgehead atoms. The van der Waals surface area contributed by atoms with E-state index in [1.807, 2.05) is 38.4 Å². The van der Waals surface area contributed by atoms with Crippen LogP contribution in [0.1, 0.15) is 56.6 Å². The summed E-state index contributed by atoms with van der Waals surface area (Å²) in [5.41, 5.74) is 6.30. The normalized spacial score (nSPS) is 18.3. The topological polar surface area (TPSA) is 79.6 Å². The van der Waals surface area contributed by atoms with Gasteiger partial charge in [0.25, 0.3) is 0 Å². The summed E-state index contributed by atoms with van der Waals surface area (Å²) in [6, 6.07) is 16.7. The molecule has 0 saturated carbocycles. The van der Waals surface area contributed by atoms with Crippen LogP contribution < -0.4 is 0 Å². The maximum Gasteiger partial charge on any atom is 0.170 e. The predicted molar refractivity (Wildman–Crippen MR) is 170 cm³/mol. The molecule has 0 spiro atoms. The lowest BCUT2D eigenvalue weighted by atomic mass is 9.84. The molecule has 222 valence electrons. The maximum absolute atomic E-state index is 14.0. The maximum atomic E-state index is 14.0. The summed E-state index contributed by atoms with van der Waals surface area (Å²) in [6.45, 7) is 6.79. The van der Waals surface area contributed by atoms with E-state index in [0.29, 0.717) is 13.1 Å². The Labute approximate surface area is 256 Å². The number of rotatable bonds is 7. The Morgan fingerprint density at radius 2 is 1.09 bits per heavy atom. The highest BCUT2D eigenvalue weighted by atomic mass is 16.1. The Kier molecular flexibility index (Phi) is 6.40. The van der Waals surface area contributed by atoms with E-state index in [4.69, 9.17) is 0 Å². The number of Topliss-reactive ketones (excluding diaryl/α,β-unsaturated/α-hetero) is 2. The fraction of sp³-hybridized carbons (Fsp3) is 0.333. The second-order valence-electron chi connectivity index (χ2n) is 12.4. The van der Waals surface area contributed by atoms with Gasteiger partial charge in [0.05, 0.1) is 0 Å². The van der Waals surface area contributed by atoms with Crippen LogP contribution in [0.3, 0.4) is 0 Å². The second-order valence-corrected chi connectivity index (χ2v) is 12.4. The van der Waals surface area contributed by atoms with Crippen molar-refractivity contribution in [2.45, 2.75) is 65.7 Å². The number of carbonyl (C=O) groups is 2. The van der Waals surface area contributed by atoms with Crippen molar-refractivity contribution in [3.05, 3.63) is 107 Å². The van der Waals surface area contributed by atoms with E-state index in [1.165, 1.54) is 0 Å². The molecule has 0 saturated heterocycles. The molecule has 4 aromatic heterocycles. The van der Waals surface area contributed by atoms with Gasteiger partial charge < -0.3 is 18.3 Å². The average molecular weight is 585 g/mol. The largest absolute Gasteiger partial charge is 0.342 e. The number of benzene rings is 2. The predicted octanol–water partition coefficient (Wildman–Crippen LogP) is 6.20. The molecule has 8 nitrogen and oxygen atoms in total. The van der Waals surface area contributed by atoms with Crippen molar-refractivity contribution in [3.63, 3.8) is 0 Å². The number of fused-ring (bicyclic) bond motifs is 6. The van der Waals surface area contributed by atoms with Crippen molar-refractivity contribution < 1.29 is 9.59 Å². The van der Waals surface area contributed by atoms with Gasteiger partial charge in [-0.05, 0) is 51.7 Å². The molecular weight excluding hydrogens is 548 g/mol. The number of hydrogen-bond acceptors (Lipinski definition) is 4. The summed E-state index contributed by atoms with van der Waals surface area (Å²) in [4.78, 5) is 36.7. The zero-order chi connectivity index (χ0) is 29.9. The molecule has 0 radical (unpaired) electrons. The minimum Gasteiger partial charge on any atom is -0.342 e. The molecule has 0 amide bonds. The summed E-state index contributed by atoms with van der Waals surface area (Å²) in [7, 11) is 0. The van der Waals surface area contributed by atoms with Crippen LogP contribution in [-0.4, -0.2) is 39.8 Å². The smallest absolute Gasteiger partial charge is 0.170 e. The molecule has 2 aliphatic rings. The van der Waals surface area contributed by atoms with E-state index in [2.05, 4.69) is 64.6 Å². The van der Waals surface area contributed by atoms with Crippen LogP contribution in [-0.2, 0) is 39.0 Å². The third-order valence-electron chi connectivity index (χ3n) is 10.1. The van der Waals surface area contributed by atoms with Gasteiger partial charge in [-0.3, -0.25) is 9.59 Å². The molecule has 44 heavy (non-hydrogen) atoms. The molecule has 2 aliphatic carbocycles. The van der Waals surface area contributed by atoms with Crippen LogP contribution in [0.15, 0.2) is 73.3 Å². The van der Waals surface area contributed by atoms with E-state index >= 15 is 0 Å². The van der Waals surface area contributed by atoms with Crippen LogP contribution in [0, 0.1) is 25.7 Å². The first kappa shape index (κ1) is 26.9. The molecule has 0 aliphatic heterocycles. The van der Waals surface area contributed by atoms with Gasteiger partial charge in [-0.15, -0.1) is 0 Å². The lowest BCUT2D eigenvalue weighted by Gasteiger charge is -2.25. The van der Waals surface area contributed by atoms with Gasteiger partial charge in [-0.1, -0.05) is 36.4 Å². The summed E-state index contributed by atoms with van der Waals surface area (Å²) >= 11 is 0. The zero-order valence-corrected chi connectivity index (χ0v) is 25.2. The Morgan fingerprint density at radius 1 is 0.659 bits per heavy atom. The summed E-state index contributed by atoms with van der Waals surface area (Å²) in [5.74, 6) is 2.25. The van der Waals surface area contributed by atoms with Gasteiger partial charge in [0.15, 0.2) is 11.6 Å². The number of aryl methyl sites for hydroxylation is 4. The SMILES string of the molecule is Cc1nccn1CC1CCc2c(c3ccccc3n2CCn2c3c(c4ccccc42)C(=O)C(Cn2ccnc2C)CC3)C1=O. The number of ketones is 2. The molecule has 8 rings (SSSR count). The van der Waals surface area contributed by atoms with Gasteiger partial charge in [0.2, 0.25) is 0 Å². The minimum atomic E-state index is -0.0554. The standard InChI is InChI=1S/C36H36N6O2/c1-23-37-15-17-39(23)21-25-11-13-31-33(35(25)43)27-7-3-5-9-29(27)41(31)19-20-42-30-10-6-4-8-28(30)34-32(42)14-12-26(36(34)44)22-40-18-16-38-24(40)2/h3-10,15-18,25-26H,11-14,19-22H2,1-2H3. The first-order valence-corrected chi connectivity index (χ1v) is 15.7. The number of aromatic nitrogens is 6. The van der Waals surface area contributed by atoms with E-state index in [1.54, 1.807) is 12.4 Å². The number of nitrogens with zero attached hydrogens (tertiary/aromatic N) is 6. The molecule has 2 unspecified atom stereocenters. The molecule has 6 aromatic rings. The van der Waals surface area contributed by atoms with Crippen molar-refractivity contribution in [1.29, 1.82) is 0 Å². The van der Waals surface area contributed by atoms with Gasteiger partial charge in [-0.2, -0.15) is 0 Å². The van der Waals surface area contributed by atoms with E-state index < -0.39 is 0 Å². The monoisotopic (exact) mass is 584 g/mol. The summed E-state index contributed by atoms with van der Waals surface area (Å²) < 4.78 is 8.93. The number of imidazole rings is 2. The molecule has 0 N–H and O–H groups in total. The lowest BCUT2D eigenvalue weighted by Crippen LogP contribution is -2.28. The van der Waals surface area contributed by atoms with Gasteiger partial charge in [0.1, 0.15) is 11.6 Å². The van der Waals surface area contributed by atoms with E-state index in [0.717, 1.165) is 94.7 Å². The van der Waals surface area contributed by atoms with Gasteiger partial charge >= 0.3 is 0 Å². The summed E-state index contributed by atoms with van der Waals surface area (Å²) in [6.07, 6.45) is 10.9. The van der Waals surface area contributed by atoms with Gasteiger partial charge in [0, 0.05) is 107 Å². The van der Waals surface area contributed by atoms with Crippen molar-refractivity contribution >= 4 is 33.4 Å². The Bertz CT molecular complexity index is 1920. The fourth-order valence-corrected chi connectivity index (χ4v) is 7.80. The fourth-order valence-electron chi connectivity index (χ4n) is 7.80. The molecule has 2 atom stereocenters. The molecule has 0 fully saturated rings. The first-order chi connectivity index (χ1) is 21.5. The Hall–Kier alpha value is -4.72. The highest BCUT2D eigenvalue weighted by Gasteiger charge is 2.35. The van der Waals surface area contributed by atoms with Gasteiger partial charge in [-0.25, -0.2) is 9.97 Å². The third-order valence-corrected chi connectivity index (χ3v) is 10.1. The van der Waals surface area contributed by atoms with Crippen LogP contribution in [0.5, 0.6) is 0 Å². The average Bonchev–Trinajstić information content (AvgIpc) is 3.79. The highest BCUT2D eigenvalue weighted by Crippen LogP contribution is 2.37. The number of para-hydroxylation sites is 2. The number of hydrogen-bond donors (Lipinski definition) is 0. The van der Waals surface area contributed by atoms with Crippen molar-refractivity contribution in [2.75, 3.05) is 0 Å². The molecule has 4 heterocycles. The quantitative estimate of drug-likeness (QED) is 0.224. The molecular formula is C36H36N6O2. The van der Waals surface area contributed by atoms with Crippen LogP contribution in [0.4, 0.5) is 0 Å². The first-order valence-electron chi connectivity index (χ1n) is 15.7. The highest BCUT2D eigenvalue weighted by molar-refractivity contribution is 6.12. The second kappa shape index (κ2) is 10.5.